The van der Waals surface area contributed by atoms with Crippen LogP contribution in [0.1, 0.15) is 58.3 Å². The Bertz CT molecular complexity index is 256. The van der Waals surface area contributed by atoms with Gasteiger partial charge >= 0.3 is 0 Å². The van der Waals surface area contributed by atoms with E-state index in [0.29, 0.717) is 5.41 Å². The van der Waals surface area contributed by atoms with Crippen molar-refractivity contribution in [3.63, 3.8) is 0 Å². The van der Waals surface area contributed by atoms with E-state index in [4.69, 9.17) is 0 Å². The molecule has 0 amide bonds. The minimum absolute atomic E-state index is 0.613. The smallest absolute Gasteiger partial charge is 0.0111 e. The van der Waals surface area contributed by atoms with Crippen LogP contribution in [0.5, 0.6) is 0 Å². The highest BCUT2D eigenvalue weighted by molar-refractivity contribution is 4.96. The fourth-order valence-electron chi connectivity index (χ4n) is 4.37. The Balaban J connectivity index is 1.50. The molecule has 2 aliphatic heterocycles. The van der Waals surface area contributed by atoms with Crippen molar-refractivity contribution in [1.29, 1.82) is 0 Å². The maximum absolute atomic E-state index is 3.90. The summed E-state index contributed by atoms with van der Waals surface area (Å²) in [5.74, 6) is 0. The normalized spacial score (nSPS) is 40.9. The standard InChI is InChI=1S/C15H28N2/c1-15(7-3-4-8-15)11-16-12-9-13-5-6-14(10-12)17(13)2/h12-14,16H,3-11H2,1-2H3. The molecule has 2 bridgehead atoms. The molecule has 1 aliphatic carbocycles. The van der Waals surface area contributed by atoms with Crippen LogP contribution >= 0.6 is 0 Å². The quantitative estimate of drug-likeness (QED) is 0.810. The minimum Gasteiger partial charge on any atom is -0.313 e. The third-order valence-electron chi connectivity index (χ3n) is 5.73. The zero-order chi connectivity index (χ0) is 11.9. The predicted molar refractivity (Wildman–Crippen MR) is 72.2 cm³/mol. The van der Waals surface area contributed by atoms with Crippen molar-refractivity contribution in [3.05, 3.63) is 0 Å². The molecule has 17 heavy (non-hydrogen) atoms. The number of hydrogen-bond acceptors (Lipinski definition) is 2. The van der Waals surface area contributed by atoms with Crippen molar-refractivity contribution in [2.45, 2.75) is 76.4 Å². The second kappa shape index (κ2) is 4.55. The van der Waals surface area contributed by atoms with E-state index < -0.39 is 0 Å². The molecule has 3 fully saturated rings. The summed E-state index contributed by atoms with van der Waals surface area (Å²) in [7, 11) is 2.33. The first kappa shape index (κ1) is 12.0. The van der Waals surface area contributed by atoms with Crippen molar-refractivity contribution in [2.75, 3.05) is 13.6 Å². The molecule has 1 N–H and O–H groups in total. The molecule has 0 aromatic carbocycles. The molecule has 2 unspecified atom stereocenters. The van der Waals surface area contributed by atoms with Crippen LogP contribution in [0.25, 0.3) is 0 Å². The van der Waals surface area contributed by atoms with Gasteiger partial charge in [0.15, 0.2) is 0 Å². The van der Waals surface area contributed by atoms with Crippen LogP contribution in [0.3, 0.4) is 0 Å². The van der Waals surface area contributed by atoms with Crippen LogP contribution in [0.4, 0.5) is 0 Å². The van der Waals surface area contributed by atoms with Gasteiger partial charge in [-0.2, -0.15) is 0 Å². The van der Waals surface area contributed by atoms with Crippen LogP contribution < -0.4 is 5.32 Å². The van der Waals surface area contributed by atoms with Gasteiger partial charge in [-0.1, -0.05) is 19.8 Å². The van der Waals surface area contributed by atoms with E-state index in [1.54, 1.807) is 0 Å². The zero-order valence-electron chi connectivity index (χ0n) is 11.5. The molecule has 3 rings (SSSR count). The highest BCUT2D eigenvalue weighted by atomic mass is 15.2. The van der Waals surface area contributed by atoms with E-state index in [-0.39, 0.29) is 0 Å². The number of nitrogens with zero attached hydrogens (tertiary/aromatic N) is 1. The summed E-state index contributed by atoms with van der Waals surface area (Å²) in [6, 6.07) is 2.56. The van der Waals surface area contributed by atoms with Gasteiger partial charge in [0, 0.05) is 24.7 Å². The van der Waals surface area contributed by atoms with Crippen LogP contribution in [0.15, 0.2) is 0 Å². The lowest BCUT2D eigenvalue weighted by molar-refractivity contribution is 0.141. The Morgan fingerprint density at radius 1 is 1.12 bits per heavy atom. The molecule has 2 saturated heterocycles. The molecule has 2 atom stereocenters. The van der Waals surface area contributed by atoms with E-state index in [0.717, 1.165) is 18.1 Å². The molecular formula is C15H28N2. The minimum atomic E-state index is 0.613. The molecule has 0 spiro atoms. The number of hydrogen-bond donors (Lipinski definition) is 1. The molecule has 1 saturated carbocycles. The van der Waals surface area contributed by atoms with Gasteiger partial charge in [0.25, 0.3) is 0 Å². The van der Waals surface area contributed by atoms with Gasteiger partial charge in [-0.25, -0.2) is 0 Å². The lowest BCUT2D eigenvalue weighted by Crippen LogP contribution is -2.49. The van der Waals surface area contributed by atoms with Gasteiger partial charge in [-0.3, -0.25) is 0 Å². The molecule has 98 valence electrons. The highest BCUT2D eigenvalue weighted by Crippen LogP contribution is 2.38. The first-order valence-electron chi connectivity index (χ1n) is 7.62. The summed E-state index contributed by atoms with van der Waals surface area (Å²) in [5, 5.41) is 3.90. The fourth-order valence-corrected chi connectivity index (χ4v) is 4.37. The lowest BCUT2D eigenvalue weighted by atomic mass is 9.87. The van der Waals surface area contributed by atoms with Crippen LogP contribution in [-0.4, -0.2) is 36.6 Å². The average Bonchev–Trinajstić information content (AvgIpc) is 2.80. The molecule has 2 heterocycles. The van der Waals surface area contributed by atoms with E-state index in [2.05, 4.69) is 24.2 Å². The van der Waals surface area contributed by atoms with Crippen molar-refractivity contribution >= 4 is 0 Å². The summed E-state index contributed by atoms with van der Waals surface area (Å²) >= 11 is 0. The Kier molecular flexibility index (Phi) is 3.20. The topological polar surface area (TPSA) is 15.3 Å². The number of rotatable bonds is 3. The van der Waals surface area contributed by atoms with Gasteiger partial charge in [-0.15, -0.1) is 0 Å². The van der Waals surface area contributed by atoms with Crippen molar-refractivity contribution in [1.82, 2.24) is 10.2 Å². The first-order chi connectivity index (χ1) is 8.16. The third-order valence-corrected chi connectivity index (χ3v) is 5.73. The van der Waals surface area contributed by atoms with Crippen molar-refractivity contribution in [2.24, 2.45) is 5.41 Å². The summed E-state index contributed by atoms with van der Waals surface area (Å²) < 4.78 is 0. The summed E-state index contributed by atoms with van der Waals surface area (Å²) in [5.41, 5.74) is 0.613. The Hall–Kier alpha value is -0.0800. The van der Waals surface area contributed by atoms with E-state index >= 15 is 0 Å². The molecule has 0 radical (unpaired) electrons. The molecule has 2 nitrogen and oxygen atoms in total. The molecule has 3 aliphatic rings. The SMILES string of the molecule is CN1C2CCC1CC(NCC1(C)CCCC1)C2. The summed E-state index contributed by atoms with van der Waals surface area (Å²) in [6.45, 7) is 3.75. The Morgan fingerprint density at radius 3 is 2.29 bits per heavy atom. The molecule has 0 aromatic heterocycles. The maximum atomic E-state index is 3.90. The van der Waals surface area contributed by atoms with Gasteiger partial charge < -0.3 is 10.2 Å². The molecule has 0 aromatic rings. The molecular weight excluding hydrogens is 208 g/mol. The molecule has 2 heteroatoms. The fraction of sp³-hybridized carbons (Fsp3) is 1.00. The predicted octanol–water partition coefficient (Wildman–Crippen LogP) is 2.78. The highest BCUT2D eigenvalue weighted by Gasteiger charge is 2.39. The summed E-state index contributed by atoms with van der Waals surface area (Å²) in [4.78, 5) is 2.63. The lowest BCUT2D eigenvalue weighted by Gasteiger charge is -2.38. The zero-order valence-corrected chi connectivity index (χ0v) is 11.5. The van der Waals surface area contributed by atoms with Gasteiger partial charge in [-0.05, 0) is 51.0 Å². The summed E-state index contributed by atoms with van der Waals surface area (Å²) in [6.07, 6.45) is 11.5. The monoisotopic (exact) mass is 236 g/mol. The van der Waals surface area contributed by atoms with Gasteiger partial charge in [0.2, 0.25) is 0 Å². The second-order valence-electron chi connectivity index (χ2n) is 7.12. The van der Waals surface area contributed by atoms with Crippen molar-refractivity contribution < 1.29 is 0 Å². The number of fused-ring (bicyclic) bond motifs is 2. The van der Waals surface area contributed by atoms with E-state index in [1.807, 2.05) is 0 Å². The largest absolute Gasteiger partial charge is 0.313 e. The van der Waals surface area contributed by atoms with Crippen molar-refractivity contribution in [3.8, 4) is 0 Å². The van der Waals surface area contributed by atoms with E-state index in [9.17, 15) is 0 Å². The van der Waals surface area contributed by atoms with E-state index in [1.165, 1.54) is 57.9 Å². The van der Waals surface area contributed by atoms with Crippen LogP contribution in [-0.2, 0) is 0 Å². The Morgan fingerprint density at radius 2 is 1.71 bits per heavy atom. The number of piperidine rings is 1. The third kappa shape index (κ3) is 2.39. The van der Waals surface area contributed by atoms with Crippen LogP contribution in [0, 0.1) is 5.41 Å². The van der Waals surface area contributed by atoms with Gasteiger partial charge in [0.1, 0.15) is 0 Å². The number of nitrogens with one attached hydrogen (secondary N) is 1. The Labute approximate surface area is 106 Å². The first-order valence-corrected chi connectivity index (χ1v) is 7.62. The second-order valence-corrected chi connectivity index (χ2v) is 7.12. The van der Waals surface area contributed by atoms with Gasteiger partial charge in [0.05, 0.1) is 0 Å². The average molecular weight is 236 g/mol. The van der Waals surface area contributed by atoms with Crippen LogP contribution in [0.2, 0.25) is 0 Å². The maximum Gasteiger partial charge on any atom is 0.0111 e.